The van der Waals surface area contributed by atoms with Gasteiger partial charge < -0.3 is 5.32 Å². The van der Waals surface area contributed by atoms with Crippen LogP contribution in [0, 0.1) is 11.7 Å². The van der Waals surface area contributed by atoms with Crippen LogP contribution in [0.25, 0.3) is 0 Å². The Morgan fingerprint density at radius 3 is 3.00 bits per heavy atom. The smallest absolute Gasteiger partial charge is 0.224 e. The maximum absolute atomic E-state index is 13.5. The number of hydrogen-bond acceptors (Lipinski definition) is 3. The number of nitrogens with zero attached hydrogens (tertiary/aromatic N) is 2. The second kappa shape index (κ2) is 5.63. The van der Waals surface area contributed by atoms with E-state index in [1.807, 2.05) is 0 Å². The number of rotatable bonds is 3. The van der Waals surface area contributed by atoms with Crippen molar-refractivity contribution in [1.29, 1.82) is 0 Å². The zero-order valence-corrected chi connectivity index (χ0v) is 10.7. The van der Waals surface area contributed by atoms with Crippen molar-refractivity contribution in [3.63, 3.8) is 0 Å². The maximum atomic E-state index is 13.5. The van der Waals surface area contributed by atoms with Crippen LogP contribution in [0.1, 0.15) is 39.0 Å². The van der Waals surface area contributed by atoms with Gasteiger partial charge in [-0.15, -0.1) is 0 Å². The third-order valence-electron chi connectivity index (χ3n) is 3.47. The minimum atomic E-state index is -0.435. The van der Waals surface area contributed by atoms with Crippen LogP contribution in [-0.4, -0.2) is 16.0 Å². The predicted octanol–water partition coefficient (Wildman–Crippen LogP) is 3.65. The van der Waals surface area contributed by atoms with Gasteiger partial charge in [-0.3, -0.25) is 0 Å². The Hall–Kier alpha value is -0.900. The molecule has 1 fully saturated rings. The maximum Gasteiger partial charge on any atom is 0.224 e. The Kier molecular flexibility index (Phi) is 4.15. The molecule has 2 atom stereocenters. The Balaban J connectivity index is 2.10. The van der Waals surface area contributed by atoms with Crippen molar-refractivity contribution in [2.24, 2.45) is 5.92 Å². The van der Waals surface area contributed by atoms with Crippen LogP contribution in [0.4, 0.5) is 10.2 Å². The molecule has 17 heavy (non-hydrogen) atoms. The molecule has 1 aliphatic rings. The molecule has 0 amide bonds. The van der Waals surface area contributed by atoms with Crippen molar-refractivity contribution < 1.29 is 4.39 Å². The monoisotopic (exact) mass is 257 g/mol. The van der Waals surface area contributed by atoms with Crippen LogP contribution in [0.3, 0.4) is 0 Å². The first kappa shape index (κ1) is 12.6. The molecule has 0 radical (unpaired) electrons. The fraction of sp³-hybridized carbons (Fsp3) is 0.667. The van der Waals surface area contributed by atoms with E-state index in [1.165, 1.54) is 19.3 Å². The number of halogens is 2. The van der Waals surface area contributed by atoms with Crippen LogP contribution in [0.15, 0.2) is 6.20 Å². The number of anilines is 1. The van der Waals surface area contributed by atoms with Crippen LogP contribution >= 0.6 is 11.6 Å². The largest absolute Gasteiger partial charge is 0.364 e. The van der Waals surface area contributed by atoms with Crippen molar-refractivity contribution in [3.05, 3.63) is 17.3 Å². The first-order chi connectivity index (χ1) is 8.20. The van der Waals surface area contributed by atoms with E-state index in [4.69, 9.17) is 11.6 Å². The minimum absolute atomic E-state index is 0.0813. The summed E-state index contributed by atoms with van der Waals surface area (Å²) in [5.41, 5.74) is 0. The Morgan fingerprint density at radius 2 is 2.24 bits per heavy atom. The van der Waals surface area contributed by atoms with Crippen molar-refractivity contribution in [3.8, 4) is 0 Å². The highest BCUT2D eigenvalue weighted by atomic mass is 35.5. The minimum Gasteiger partial charge on any atom is -0.364 e. The highest BCUT2D eigenvalue weighted by molar-refractivity contribution is 6.28. The number of nitrogens with one attached hydrogen (secondary N) is 1. The summed E-state index contributed by atoms with van der Waals surface area (Å²) >= 11 is 5.68. The average Bonchev–Trinajstić information content (AvgIpc) is 2.34. The van der Waals surface area contributed by atoms with E-state index >= 15 is 0 Å². The fourth-order valence-corrected chi connectivity index (χ4v) is 2.64. The first-order valence-corrected chi connectivity index (χ1v) is 6.53. The average molecular weight is 258 g/mol. The third-order valence-corrected chi connectivity index (χ3v) is 3.65. The van der Waals surface area contributed by atoms with E-state index in [1.54, 1.807) is 0 Å². The molecule has 1 aromatic heterocycles. The molecule has 2 rings (SSSR count). The normalized spacial score (nSPS) is 24.6. The van der Waals surface area contributed by atoms with Crippen LogP contribution in [-0.2, 0) is 0 Å². The van der Waals surface area contributed by atoms with E-state index in [2.05, 4.69) is 22.2 Å². The fourth-order valence-electron chi connectivity index (χ4n) is 2.51. The number of hydrogen-bond donors (Lipinski definition) is 1. The standard InChI is InChI=1S/C12H17ClFN3/c1-2-8-5-3-4-6-10(8)16-11-9(14)7-15-12(13)17-11/h7-8,10H,2-6H2,1H3,(H,15,16,17). The van der Waals surface area contributed by atoms with Crippen LogP contribution in [0.5, 0.6) is 0 Å². The van der Waals surface area contributed by atoms with Gasteiger partial charge in [0.1, 0.15) is 0 Å². The molecule has 5 heteroatoms. The van der Waals surface area contributed by atoms with Gasteiger partial charge in [0.25, 0.3) is 0 Å². The molecule has 2 unspecified atom stereocenters. The lowest BCUT2D eigenvalue weighted by Gasteiger charge is -2.31. The lowest BCUT2D eigenvalue weighted by atomic mass is 9.83. The van der Waals surface area contributed by atoms with E-state index in [-0.39, 0.29) is 11.1 Å². The summed E-state index contributed by atoms with van der Waals surface area (Å²) in [6, 6.07) is 0.300. The van der Waals surface area contributed by atoms with Gasteiger partial charge in [-0.05, 0) is 30.4 Å². The molecule has 1 aromatic rings. The molecular weight excluding hydrogens is 241 g/mol. The van der Waals surface area contributed by atoms with Gasteiger partial charge in [-0.2, -0.15) is 4.98 Å². The van der Waals surface area contributed by atoms with Crippen molar-refractivity contribution >= 4 is 17.4 Å². The lowest BCUT2D eigenvalue weighted by molar-refractivity contribution is 0.316. The van der Waals surface area contributed by atoms with E-state index in [0.29, 0.717) is 12.0 Å². The lowest BCUT2D eigenvalue weighted by Crippen LogP contribution is -2.32. The molecule has 1 saturated carbocycles. The van der Waals surface area contributed by atoms with Gasteiger partial charge in [-0.1, -0.05) is 26.2 Å². The molecule has 0 saturated heterocycles. The van der Waals surface area contributed by atoms with Gasteiger partial charge in [0.05, 0.1) is 6.20 Å². The molecule has 0 spiro atoms. The summed E-state index contributed by atoms with van der Waals surface area (Å²) in [7, 11) is 0. The Bertz CT molecular complexity index is 386. The predicted molar refractivity (Wildman–Crippen MR) is 66.7 cm³/mol. The molecule has 3 nitrogen and oxygen atoms in total. The highest BCUT2D eigenvalue weighted by Gasteiger charge is 2.24. The molecule has 0 bridgehead atoms. The molecule has 94 valence electrons. The first-order valence-electron chi connectivity index (χ1n) is 6.15. The van der Waals surface area contributed by atoms with E-state index < -0.39 is 5.82 Å². The van der Waals surface area contributed by atoms with Gasteiger partial charge in [-0.25, -0.2) is 9.37 Å². The second-order valence-corrected chi connectivity index (χ2v) is 4.88. The van der Waals surface area contributed by atoms with Crippen LogP contribution in [0.2, 0.25) is 5.28 Å². The second-order valence-electron chi connectivity index (χ2n) is 4.54. The molecule has 0 aromatic carbocycles. The van der Waals surface area contributed by atoms with Crippen molar-refractivity contribution in [2.75, 3.05) is 5.32 Å². The van der Waals surface area contributed by atoms with Crippen molar-refractivity contribution in [2.45, 2.75) is 45.1 Å². The van der Waals surface area contributed by atoms with Gasteiger partial charge in [0.2, 0.25) is 5.28 Å². The quantitative estimate of drug-likeness (QED) is 0.840. The van der Waals surface area contributed by atoms with Crippen molar-refractivity contribution in [1.82, 2.24) is 9.97 Å². The SMILES string of the molecule is CCC1CCCCC1Nc1nc(Cl)ncc1F. The molecule has 1 heterocycles. The van der Waals surface area contributed by atoms with Gasteiger partial charge in [0.15, 0.2) is 11.6 Å². The molecule has 1 N–H and O–H groups in total. The molecule has 1 aliphatic carbocycles. The van der Waals surface area contributed by atoms with Crippen LogP contribution < -0.4 is 5.32 Å². The third kappa shape index (κ3) is 3.06. The summed E-state index contributed by atoms with van der Waals surface area (Å²) in [5.74, 6) is 0.391. The topological polar surface area (TPSA) is 37.8 Å². The molecule has 0 aliphatic heterocycles. The van der Waals surface area contributed by atoms with Gasteiger partial charge >= 0.3 is 0 Å². The van der Waals surface area contributed by atoms with E-state index in [9.17, 15) is 4.39 Å². The summed E-state index contributed by atoms with van der Waals surface area (Å²) in [4.78, 5) is 7.51. The molecular formula is C12H17ClFN3. The summed E-state index contributed by atoms with van der Waals surface area (Å²) < 4.78 is 13.5. The Morgan fingerprint density at radius 1 is 1.47 bits per heavy atom. The Labute approximate surface area is 106 Å². The van der Waals surface area contributed by atoms with E-state index in [0.717, 1.165) is 19.0 Å². The van der Waals surface area contributed by atoms with Gasteiger partial charge in [0, 0.05) is 6.04 Å². The summed E-state index contributed by atoms with van der Waals surface area (Å²) in [5, 5.41) is 3.26. The summed E-state index contributed by atoms with van der Waals surface area (Å²) in [6.45, 7) is 2.17. The number of aromatic nitrogens is 2. The zero-order valence-electron chi connectivity index (χ0n) is 9.92. The zero-order chi connectivity index (χ0) is 12.3. The summed E-state index contributed by atoms with van der Waals surface area (Å²) in [6.07, 6.45) is 6.95. The highest BCUT2D eigenvalue weighted by Crippen LogP contribution is 2.29.